The Morgan fingerprint density at radius 1 is 1.26 bits per heavy atom. The molecule has 2 atom stereocenters. The van der Waals surface area contributed by atoms with Gasteiger partial charge in [-0.2, -0.15) is 0 Å². The first-order valence-corrected chi connectivity index (χ1v) is 11.8. The number of amides is 1. The second-order valence-corrected chi connectivity index (χ2v) is 9.25. The van der Waals surface area contributed by atoms with Gasteiger partial charge in [-0.25, -0.2) is 9.97 Å². The van der Waals surface area contributed by atoms with Crippen LogP contribution in [0.2, 0.25) is 0 Å². The summed E-state index contributed by atoms with van der Waals surface area (Å²) in [6, 6.07) is 3.93. The molecule has 6 heterocycles. The zero-order valence-electron chi connectivity index (χ0n) is 19.4. The molecule has 2 saturated heterocycles. The van der Waals surface area contributed by atoms with E-state index in [1.165, 1.54) is 6.92 Å². The predicted molar refractivity (Wildman–Crippen MR) is 125 cm³/mol. The van der Waals surface area contributed by atoms with E-state index in [-0.39, 0.29) is 12.0 Å². The van der Waals surface area contributed by atoms with E-state index in [9.17, 15) is 4.79 Å². The van der Waals surface area contributed by atoms with Gasteiger partial charge in [-0.3, -0.25) is 4.79 Å². The summed E-state index contributed by atoms with van der Waals surface area (Å²) in [4.78, 5) is 21.2. The number of anilines is 1. The molecule has 2 fully saturated rings. The van der Waals surface area contributed by atoms with Gasteiger partial charge in [-0.15, -0.1) is 0 Å². The number of rotatable bonds is 4. The van der Waals surface area contributed by atoms with Crippen LogP contribution in [0.3, 0.4) is 0 Å². The van der Waals surface area contributed by atoms with Crippen molar-refractivity contribution in [2.75, 3.05) is 38.4 Å². The number of carbonyl (C=O) groups is 1. The third-order valence-corrected chi connectivity index (χ3v) is 6.87. The van der Waals surface area contributed by atoms with E-state index in [1.807, 2.05) is 29.9 Å². The van der Waals surface area contributed by atoms with E-state index < -0.39 is 5.60 Å². The quantitative estimate of drug-likeness (QED) is 0.634. The molecule has 1 N–H and O–H groups in total. The molecule has 3 aromatic rings. The molecule has 1 unspecified atom stereocenters. The Balaban J connectivity index is 1.52. The first-order chi connectivity index (χ1) is 16.5. The summed E-state index contributed by atoms with van der Waals surface area (Å²) >= 11 is 0. The van der Waals surface area contributed by atoms with Crippen molar-refractivity contribution in [2.24, 2.45) is 7.05 Å². The number of hydrogen-bond acceptors (Lipinski definition) is 7. The minimum Gasteiger partial charge on any atom is -0.487 e. The van der Waals surface area contributed by atoms with Crippen molar-refractivity contribution in [3.8, 4) is 17.0 Å². The fraction of sp³-hybridized carbons (Fsp3) is 0.480. The van der Waals surface area contributed by atoms with Crippen molar-refractivity contribution >= 4 is 22.6 Å². The summed E-state index contributed by atoms with van der Waals surface area (Å²) in [6.07, 6.45) is 6.24. The maximum Gasteiger partial charge on any atom is 0.222 e. The van der Waals surface area contributed by atoms with Gasteiger partial charge in [0.1, 0.15) is 23.3 Å². The lowest BCUT2D eigenvalue weighted by molar-refractivity contribution is -0.114. The van der Waals surface area contributed by atoms with Gasteiger partial charge in [0.05, 0.1) is 49.5 Å². The Morgan fingerprint density at radius 3 is 2.94 bits per heavy atom. The Bertz CT molecular complexity index is 1260. The monoisotopic (exact) mass is 464 g/mol. The Kier molecular flexibility index (Phi) is 5.28. The second-order valence-electron chi connectivity index (χ2n) is 9.25. The normalized spacial score (nSPS) is 24.0. The highest BCUT2D eigenvalue weighted by molar-refractivity contribution is 5.98. The molecule has 3 aliphatic rings. The number of nitrogens with one attached hydrogen (secondary N) is 1. The Morgan fingerprint density at radius 2 is 2.18 bits per heavy atom. The minimum absolute atomic E-state index is 0.0288. The van der Waals surface area contributed by atoms with Gasteiger partial charge in [0.25, 0.3) is 0 Å². The van der Waals surface area contributed by atoms with E-state index in [0.717, 1.165) is 58.4 Å². The van der Waals surface area contributed by atoms with Gasteiger partial charge in [0.2, 0.25) is 5.91 Å². The van der Waals surface area contributed by atoms with Gasteiger partial charge < -0.3 is 28.8 Å². The summed E-state index contributed by atoms with van der Waals surface area (Å²) in [7, 11) is 1.98. The number of hydrogen-bond donors (Lipinski definition) is 1. The van der Waals surface area contributed by atoms with Gasteiger partial charge in [0.15, 0.2) is 0 Å². The van der Waals surface area contributed by atoms with Crippen LogP contribution in [0.25, 0.3) is 22.2 Å². The highest BCUT2D eigenvalue weighted by Gasteiger charge is 2.44. The van der Waals surface area contributed by atoms with Gasteiger partial charge in [-0.1, -0.05) is 0 Å². The zero-order chi connectivity index (χ0) is 23.3. The maximum absolute atomic E-state index is 11.6. The van der Waals surface area contributed by atoms with Crippen LogP contribution in [0.5, 0.6) is 5.75 Å². The zero-order valence-corrected chi connectivity index (χ0v) is 19.4. The smallest absolute Gasteiger partial charge is 0.222 e. The summed E-state index contributed by atoms with van der Waals surface area (Å²) in [5.74, 6) is 1.19. The van der Waals surface area contributed by atoms with Crippen molar-refractivity contribution in [3.63, 3.8) is 0 Å². The molecule has 1 amide bonds. The van der Waals surface area contributed by atoms with E-state index in [1.54, 1.807) is 6.20 Å². The largest absolute Gasteiger partial charge is 0.487 e. The summed E-state index contributed by atoms with van der Waals surface area (Å²) in [5.41, 5.74) is 4.17. The average Bonchev–Trinajstić information content (AvgIpc) is 3.56. The minimum atomic E-state index is -0.540. The lowest BCUT2D eigenvalue weighted by Gasteiger charge is -2.35. The third-order valence-electron chi connectivity index (χ3n) is 6.87. The average molecular weight is 465 g/mol. The van der Waals surface area contributed by atoms with Gasteiger partial charge in [0, 0.05) is 68.6 Å². The SMILES string of the molecule is CC(=O)Nc1cc2c(-c3cc(O[C@@H]4CCOC4)c4c(n3)C3(CCOC3)OCC4)cn(C)c2cn1. The van der Waals surface area contributed by atoms with Crippen molar-refractivity contribution < 1.29 is 23.7 Å². The first kappa shape index (κ1) is 21.5. The second kappa shape index (κ2) is 8.33. The van der Waals surface area contributed by atoms with E-state index in [4.69, 9.17) is 23.9 Å². The molecule has 9 heteroatoms. The van der Waals surface area contributed by atoms with E-state index >= 15 is 0 Å². The van der Waals surface area contributed by atoms with Gasteiger partial charge in [-0.05, 0) is 6.07 Å². The molecule has 178 valence electrons. The number of aromatic nitrogens is 3. The summed E-state index contributed by atoms with van der Waals surface area (Å²) < 4.78 is 26.1. The maximum atomic E-state index is 11.6. The van der Waals surface area contributed by atoms with Crippen LogP contribution < -0.4 is 10.1 Å². The lowest BCUT2D eigenvalue weighted by atomic mass is 9.89. The fourth-order valence-electron chi connectivity index (χ4n) is 5.19. The van der Waals surface area contributed by atoms with Crippen LogP contribution in [0, 0.1) is 0 Å². The van der Waals surface area contributed by atoms with Crippen molar-refractivity contribution in [1.82, 2.24) is 14.5 Å². The molecule has 9 nitrogen and oxygen atoms in total. The Labute approximate surface area is 197 Å². The molecule has 6 rings (SSSR count). The van der Waals surface area contributed by atoms with E-state index in [2.05, 4.69) is 10.3 Å². The van der Waals surface area contributed by atoms with Crippen LogP contribution in [-0.4, -0.2) is 59.6 Å². The molecule has 0 saturated carbocycles. The highest BCUT2D eigenvalue weighted by Crippen LogP contribution is 2.44. The van der Waals surface area contributed by atoms with Crippen molar-refractivity contribution in [3.05, 3.63) is 35.8 Å². The number of aryl methyl sites for hydroxylation is 1. The molecule has 3 aromatic heterocycles. The van der Waals surface area contributed by atoms with Crippen LogP contribution in [0.4, 0.5) is 5.82 Å². The topological polar surface area (TPSA) is 96.7 Å². The number of carbonyl (C=O) groups excluding carboxylic acids is 1. The van der Waals surface area contributed by atoms with Gasteiger partial charge >= 0.3 is 0 Å². The molecular weight excluding hydrogens is 436 g/mol. The van der Waals surface area contributed by atoms with Crippen molar-refractivity contribution in [2.45, 2.75) is 37.9 Å². The standard InChI is InChI=1S/C25H28N4O5/c1-15(30)27-23-9-18-19(12-29(2)21(18)11-26-23)20-10-22(34-16-3-6-31-13-16)17-4-7-33-25(24(17)28-20)5-8-32-14-25/h9-12,16H,3-8,13-14H2,1-2H3,(H,26,27,30)/t16-,25?/m1/s1. The van der Waals surface area contributed by atoms with Crippen LogP contribution in [0.15, 0.2) is 24.5 Å². The predicted octanol–water partition coefficient (Wildman–Crippen LogP) is 2.95. The molecule has 0 bridgehead atoms. The molecule has 34 heavy (non-hydrogen) atoms. The van der Waals surface area contributed by atoms with Crippen molar-refractivity contribution in [1.29, 1.82) is 0 Å². The lowest BCUT2D eigenvalue weighted by Crippen LogP contribution is -2.37. The van der Waals surface area contributed by atoms with Crippen LogP contribution in [0.1, 0.15) is 31.0 Å². The molecule has 1 spiro atoms. The molecular formula is C25H28N4O5. The summed E-state index contributed by atoms with van der Waals surface area (Å²) in [5, 5.41) is 3.74. The molecule has 3 aliphatic heterocycles. The fourth-order valence-corrected chi connectivity index (χ4v) is 5.19. The number of nitrogens with zero attached hydrogens (tertiary/aromatic N) is 3. The van der Waals surface area contributed by atoms with Crippen LogP contribution >= 0.6 is 0 Å². The number of fused-ring (bicyclic) bond motifs is 3. The molecule has 0 aromatic carbocycles. The number of ether oxygens (including phenoxy) is 4. The third kappa shape index (κ3) is 3.64. The van der Waals surface area contributed by atoms with Crippen LogP contribution in [-0.2, 0) is 38.1 Å². The molecule has 0 aliphatic carbocycles. The first-order valence-electron chi connectivity index (χ1n) is 11.8. The highest BCUT2D eigenvalue weighted by atomic mass is 16.6. The Hall–Kier alpha value is -3.01. The molecule has 0 radical (unpaired) electrons. The number of pyridine rings is 2. The summed E-state index contributed by atoms with van der Waals surface area (Å²) in [6.45, 7) is 4.55. The van der Waals surface area contributed by atoms with E-state index in [0.29, 0.717) is 38.9 Å².